The van der Waals surface area contributed by atoms with Crippen LogP contribution in [-0.4, -0.2) is 32.3 Å². The maximum absolute atomic E-state index is 11.2. The number of nitrogens with zero attached hydrogens (tertiary/aromatic N) is 2. The molecule has 2 aromatic rings. The maximum Gasteiger partial charge on any atom is 0.337 e. The number of aromatic carboxylic acids is 1. The molecule has 0 saturated heterocycles. The Morgan fingerprint density at radius 3 is 2.72 bits per heavy atom. The van der Waals surface area contributed by atoms with E-state index in [9.17, 15) is 4.79 Å². The molecule has 5 nitrogen and oxygen atoms in total. The van der Waals surface area contributed by atoms with Gasteiger partial charge in [-0.15, -0.1) is 0 Å². The van der Waals surface area contributed by atoms with E-state index >= 15 is 0 Å². The number of aliphatic hydroxyl groups excluding tert-OH is 1. The molecule has 0 amide bonds. The molecular weight excluding hydrogens is 232 g/mol. The Labute approximate surface area is 105 Å². The van der Waals surface area contributed by atoms with E-state index < -0.39 is 5.97 Å². The Hall–Kier alpha value is -1.88. The van der Waals surface area contributed by atoms with Gasteiger partial charge in [-0.25, -0.2) is 9.78 Å². The van der Waals surface area contributed by atoms with Gasteiger partial charge in [-0.05, 0) is 12.1 Å². The zero-order valence-electron chi connectivity index (χ0n) is 10.4. The normalized spacial score (nSPS) is 11.3. The van der Waals surface area contributed by atoms with E-state index in [2.05, 4.69) is 4.98 Å². The molecular formula is C13H16N2O3. The number of para-hydroxylation sites is 1. The highest BCUT2D eigenvalue weighted by Crippen LogP contribution is 2.24. The van der Waals surface area contributed by atoms with Gasteiger partial charge >= 0.3 is 5.97 Å². The van der Waals surface area contributed by atoms with E-state index in [-0.39, 0.29) is 18.1 Å². The van der Waals surface area contributed by atoms with Gasteiger partial charge in [-0.3, -0.25) is 0 Å². The van der Waals surface area contributed by atoms with Crippen molar-refractivity contribution in [2.75, 3.05) is 6.61 Å². The van der Waals surface area contributed by atoms with Crippen molar-refractivity contribution in [3.05, 3.63) is 29.6 Å². The predicted octanol–water partition coefficient (Wildman–Crippen LogP) is 1.85. The lowest BCUT2D eigenvalue weighted by Crippen LogP contribution is -2.08. The van der Waals surface area contributed by atoms with Crippen LogP contribution in [0.15, 0.2) is 18.2 Å². The first kappa shape index (κ1) is 12.6. The molecule has 18 heavy (non-hydrogen) atoms. The topological polar surface area (TPSA) is 75.3 Å². The summed E-state index contributed by atoms with van der Waals surface area (Å²) in [5.74, 6) is -0.0112. The first-order valence-corrected chi connectivity index (χ1v) is 5.89. The number of rotatable bonds is 4. The number of carboxylic acids is 1. The van der Waals surface area contributed by atoms with E-state index in [1.54, 1.807) is 12.1 Å². The lowest BCUT2D eigenvalue weighted by atomic mass is 10.2. The van der Waals surface area contributed by atoms with E-state index in [1.165, 1.54) is 0 Å². The minimum absolute atomic E-state index is 0.00246. The molecule has 2 rings (SSSR count). The third-order valence-electron chi connectivity index (χ3n) is 2.88. The number of hydrogen-bond acceptors (Lipinski definition) is 3. The molecule has 0 unspecified atom stereocenters. The molecule has 0 saturated carbocycles. The number of benzene rings is 1. The van der Waals surface area contributed by atoms with Crippen molar-refractivity contribution in [3.63, 3.8) is 0 Å². The van der Waals surface area contributed by atoms with Crippen molar-refractivity contribution in [1.82, 2.24) is 9.55 Å². The minimum Gasteiger partial charge on any atom is -0.478 e. The van der Waals surface area contributed by atoms with Crippen LogP contribution in [-0.2, 0) is 6.54 Å². The molecule has 1 aromatic heterocycles. The molecule has 5 heteroatoms. The molecule has 0 aliphatic heterocycles. The fraction of sp³-hybridized carbons (Fsp3) is 0.385. The standard InChI is InChI=1S/C13H16N2O3/c1-8(2)12-14-11-9(13(17)18)4-3-5-10(11)15(12)6-7-16/h3-5,8,16H,6-7H2,1-2H3,(H,17,18). The second kappa shape index (κ2) is 4.78. The molecule has 0 aliphatic carbocycles. The Morgan fingerprint density at radius 2 is 2.17 bits per heavy atom. The zero-order valence-corrected chi connectivity index (χ0v) is 10.4. The number of fused-ring (bicyclic) bond motifs is 1. The quantitative estimate of drug-likeness (QED) is 0.865. The first-order chi connectivity index (χ1) is 8.56. The van der Waals surface area contributed by atoms with E-state index in [4.69, 9.17) is 10.2 Å². The van der Waals surface area contributed by atoms with Crippen LogP contribution in [0.2, 0.25) is 0 Å². The van der Waals surface area contributed by atoms with Gasteiger partial charge in [0, 0.05) is 12.5 Å². The van der Waals surface area contributed by atoms with Crippen LogP contribution in [0.25, 0.3) is 11.0 Å². The Morgan fingerprint density at radius 1 is 1.44 bits per heavy atom. The Bertz CT molecular complexity index is 587. The van der Waals surface area contributed by atoms with Crippen molar-refractivity contribution in [3.8, 4) is 0 Å². The summed E-state index contributed by atoms with van der Waals surface area (Å²) >= 11 is 0. The molecule has 0 fully saturated rings. The number of imidazole rings is 1. The van der Waals surface area contributed by atoms with Gasteiger partial charge < -0.3 is 14.8 Å². The van der Waals surface area contributed by atoms with Gasteiger partial charge in [0.25, 0.3) is 0 Å². The maximum atomic E-state index is 11.2. The molecule has 0 radical (unpaired) electrons. The van der Waals surface area contributed by atoms with E-state index in [1.807, 2.05) is 24.5 Å². The summed E-state index contributed by atoms with van der Waals surface area (Å²) in [5.41, 5.74) is 1.45. The summed E-state index contributed by atoms with van der Waals surface area (Å²) in [6, 6.07) is 5.08. The van der Waals surface area contributed by atoms with Crippen LogP contribution in [0.4, 0.5) is 0 Å². The number of carboxylic acid groups (broad SMARTS) is 1. The molecule has 0 atom stereocenters. The summed E-state index contributed by atoms with van der Waals surface area (Å²) in [6.45, 7) is 4.42. The second-order valence-corrected chi connectivity index (χ2v) is 4.48. The van der Waals surface area contributed by atoms with E-state index in [0.717, 1.165) is 11.3 Å². The Kier molecular flexibility index (Phi) is 3.34. The molecule has 96 valence electrons. The number of aromatic nitrogens is 2. The van der Waals surface area contributed by atoms with Gasteiger partial charge in [-0.1, -0.05) is 19.9 Å². The van der Waals surface area contributed by atoms with Crippen molar-refractivity contribution >= 4 is 17.0 Å². The largest absolute Gasteiger partial charge is 0.478 e. The number of aliphatic hydroxyl groups is 1. The van der Waals surface area contributed by atoms with Crippen molar-refractivity contribution < 1.29 is 15.0 Å². The molecule has 0 aliphatic rings. The Balaban J connectivity index is 2.75. The van der Waals surface area contributed by atoms with Gasteiger partial charge in [0.2, 0.25) is 0 Å². The lowest BCUT2D eigenvalue weighted by molar-refractivity contribution is 0.0699. The van der Waals surface area contributed by atoms with Crippen LogP contribution in [0.3, 0.4) is 0 Å². The van der Waals surface area contributed by atoms with Gasteiger partial charge in [-0.2, -0.15) is 0 Å². The monoisotopic (exact) mass is 248 g/mol. The summed E-state index contributed by atoms with van der Waals surface area (Å²) in [6.07, 6.45) is 0. The molecule has 1 heterocycles. The number of carbonyl (C=O) groups is 1. The average Bonchev–Trinajstić information content (AvgIpc) is 2.68. The summed E-state index contributed by atoms with van der Waals surface area (Å²) in [5, 5.41) is 18.3. The lowest BCUT2D eigenvalue weighted by Gasteiger charge is -2.09. The van der Waals surface area contributed by atoms with Crippen LogP contribution in [0, 0.1) is 0 Å². The highest BCUT2D eigenvalue weighted by molar-refractivity contribution is 6.01. The van der Waals surface area contributed by atoms with Crippen LogP contribution >= 0.6 is 0 Å². The van der Waals surface area contributed by atoms with Crippen LogP contribution in [0.5, 0.6) is 0 Å². The molecule has 2 N–H and O–H groups in total. The van der Waals surface area contributed by atoms with Crippen molar-refractivity contribution in [2.45, 2.75) is 26.3 Å². The highest BCUT2D eigenvalue weighted by Gasteiger charge is 2.17. The smallest absolute Gasteiger partial charge is 0.337 e. The summed E-state index contributed by atoms with van der Waals surface area (Å²) in [4.78, 5) is 15.6. The van der Waals surface area contributed by atoms with Crippen molar-refractivity contribution in [2.24, 2.45) is 0 Å². The van der Waals surface area contributed by atoms with Crippen molar-refractivity contribution in [1.29, 1.82) is 0 Å². The first-order valence-electron chi connectivity index (χ1n) is 5.89. The summed E-state index contributed by atoms with van der Waals surface area (Å²) < 4.78 is 1.88. The highest BCUT2D eigenvalue weighted by atomic mass is 16.4. The predicted molar refractivity (Wildman–Crippen MR) is 67.9 cm³/mol. The third-order valence-corrected chi connectivity index (χ3v) is 2.88. The van der Waals surface area contributed by atoms with Gasteiger partial charge in [0.1, 0.15) is 11.3 Å². The van der Waals surface area contributed by atoms with Crippen LogP contribution in [0.1, 0.15) is 35.9 Å². The third kappa shape index (κ3) is 1.97. The SMILES string of the molecule is CC(C)c1nc2c(C(=O)O)cccc2n1CCO. The molecule has 1 aromatic carbocycles. The fourth-order valence-electron chi connectivity index (χ4n) is 2.11. The van der Waals surface area contributed by atoms with Crippen LogP contribution < -0.4 is 0 Å². The molecule has 0 spiro atoms. The fourth-order valence-corrected chi connectivity index (χ4v) is 2.11. The number of hydrogen-bond donors (Lipinski definition) is 2. The minimum atomic E-state index is -0.982. The molecule has 0 bridgehead atoms. The van der Waals surface area contributed by atoms with Gasteiger partial charge in [0.15, 0.2) is 0 Å². The van der Waals surface area contributed by atoms with E-state index in [0.29, 0.717) is 12.1 Å². The average molecular weight is 248 g/mol. The second-order valence-electron chi connectivity index (χ2n) is 4.48. The summed E-state index contributed by atoms with van der Waals surface area (Å²) in [7, 11) is 0. The zero-order chi connectivity index (χ0) is 13.3. The van der Waals surface area contributed by atoms with Gasteiger partial charge in [0.05, 0.1) is 17.7 Å².